The van der Waals surface area contributed by atoms with E-state index in [-0.39, 0.29) is 5.78 Å². The van der Waals surface area contributed by atoms with Crippen molar-refractivity contribution in [1.29, 1.82) is 0 Å². The van der Waals surface area contributed by atoms with Crippen LogP contribution >= 0.6 is 22.9 Å². The molecule has 0 spiro atoms. The van der Waals surface area contributed by atoms with E-state index in [1.807, 2.05) is 30.3 Å². The number of benzene rings is 1. The topological polar surface area (TPSA) is 17.1 Å². The van der Waals surface area contributed by atoms with Gasteiger partial charge in [-0.05, 0) is 11.6 Å². The summed E-state index contributed by atoms with van der Waals surface area (Å²) in [6, 6.07) is 11.4. The summed E-state index contributed by atoms with van der Waals surface area (Å²) in [6.07, 6.45) is 0.438. The standard InChI is InChI=1S/C12H9ClOS/c13-12-7-10(8-15-12)11(14)6-9-4-2-1-3-5-9/h1-5,7-8H,6H2. The van der Waals surface area contributed by atoms with Crippen molar-refractivity contribution >= 4 is 28.7 Å². The molecule has 2 aromatic rings. The van der Waals surface area contributed by atoms with Crippen LogP contribution in [0, 0.1) is 0 Å². The third-order valence-corrected chi connectivity index (χ3v) is 3.19. The van der Waals surface area contributed by atoms with E-state index in [4.69, 9.17) is 11.6 Å². The van der Waals surface area contributed by atoms with Gasteiger partial charge in [-0.3, -0.25) is 4.79 Å². The number of halogens is 1. The van der Waals surface area contributed by atoms with Crippen LogP contribution in [0.1, 0.15) is 15.9 Å². The summed E-state index contributed by atoms with van der Waals surface area (Å²) in [5.74, 6) is 0.115. The van der Waals surface area contributed by atoms with Crippen LogP contribution in [0.4, 0.5) is 0 Å². The third-order valence-electron chi connectivity index (χ3n) is 2.10. The Morgan fingerprint density at radius 2 is 2.00 bits per heavy atom. The molecule has 0 N–H and O–H groups in total. The van der Waals surface area contributed by atoms with Crippen LogP contribution in [0.15, 0.2) is 41.8 Å². The van der Waals surface area contributed by atoms with Gasteiger partial charge < -0.3 is 0 Å². The molecule has 1 nitrogen and oxygen atoms in total. The van der Waals surface area contributed by atoms with Crippen LogP contribution in [-0.4, -0.2) is 5.78 Å². The molecule has 0 unspecified atom stereocenters. The lowest BCUT2D eigenvalue weighted by atomic mass is 10.1. The lowest BCUT2D eigenvalue weighted by Gasteiger charge is -1.97. The minimum atomic E-state index is 0.115. The van der Waals surface area contributed by atoms with Crippen LogP contribution in [0.2, 0.25) is 4.34 Å². The van der Waals surface area contributed by atoms with Crippen molar-refractivity contribution in [2.75, 3.05) is 0 Å². The molecule has 1 aromatic carbocycles. The highest BCUT2D eigenvalue weighted by Gasteiger charge is 2.08. The normalized spacial score (nSPS) is 10.2. The van der Waals surface area contributed by atoms with Gasteiger partial charge in [-0.25, -0.2) is 0 Å². The fraction of sp³-hybridized carbons (Fsp3) is 0.0833. The van der Waals surface area contributed by atoms with Crippen molar-refractivity contribution in [3.05, 3.63) is 57.2 Å². The minimum Gasteiger partial charge on any atom is -0.294 e. The van der Waals surface area contributed by atoms with Gasteiger partial charge >= 0.3 is 0 Å². The number of thiophene rings is 1. The highest BCUT2D eigenvalue weighted by molar-refractivity contribution is 7.14. The molecule has 0 bridgehead atoms. The SMILES string of the molecule is O=C(Cc1ccccc1)c1csc(Cl)c1. The fourth-order valence-electron chi connectivity index (χ4n) is 1.34. The summed E-state index contributed by atoms with van der Waals surface area (Å²) in [5.41, 5.74) is 1.73. The first kappa shape index (κ1) is 10.4. The third kappa shape index (κ3) is 2.67. The van der Waals surface area contributed by atoms with E-state index in [1.165, 1.54) is 11.3 Å². The first-order valence-electron chi connectivity index (χ1n) is 4.57. The Bertz CT molecular complexity index is 461. The largest absolute Gasteiger partial charge is 0.294 e. The van der Waals surface area contributed by atoms with Crippen molar-refractivity contribution in [2.24, 2.45) is 0 Å². The van der Waals surface area contributed by atoms with Crippen LogP contribution in [0.5, 0.6) is 0 Å². The van der Waals surface area contributed by atoms with E-state index in [9.17, 15) is 4.79 Å². The van der Waals surface area contributed by atoms with Crippen LogP contribution in [0.25, 0.3) is 0 Å². The quantitative estimate of drug-likeness (QED) is 0.741. The fourth-order valence-corrected chi connectivity index (χ4v) is 2.22. The van der Waals surface area contributed by atoms with E-state index in [2.05, 4.69) is 0 Å². The van der Waals surface area contributed by atoms with Crippen molar-refractivity contribution in [3.8, 4) is 0 Å². The average Bonchev–Trinajstić information content (AvgIpc) is 2.66. The molecule has 3 heteroatoms. The highest BCUT2D eigenvalue weighted by Crippen LogP contribution is 2.21. The molecule has 1 aromatic heterocycles. The lowest BCUT2D eigenvalue weighted by molar-refractivity contribution is 0.0993. The maximum atomic E-state index is 11.8. The monoisotopic (exact) mass is 236 g/mol. The number of Topliss-reactive ketones (excluding diaryl/α,β-unsaturated/α-hetero) is 1. The van der Waals surface area contributed by atoms with Gasteiger partial charge in [-0.1, -0.05) is 41.9 Å². The van der Waals surface area contributed by atoms with Crippen LogP contribution < -0.4 is 0 Å². The van der Waals surface area contributed by atoms with Gasteiger partial charge in [0.1, 0.15) is 0 Å². The zero-order valence-electron chi connectivity index (χ0n) is 7.94. The van der Waals surface area contributed by atoms with Gasteiger partial charge in [0.15, 0.2) is 5.78 Å². The molecule has 0 fully saturated rings. The first-order chi connectivity index (χ1) is 7.25. The Balaban J connectivity index is 2.11. The average molecular weight is 237 g/mol. The number of ketones is 1. The van der Waals surface area contributed by atoms with E-state index < -0.39 is 0 Å². The van der Waals surface area contributed by atoms with Crippen molar-refractivity contribution in [2.45, 2.75) is 6.42 Å². The van der Waals surface area contributed by atoms with Gasteiger partial charge in [0.2, 0.25) is 0 Å². The predicted molar refractivity (Wildman–Crippen MR) is 63.8 cm³/mol. The molecular weight excluding hydrogens is 228 g/mol. The van der Waals surface area contributed by atoms with Gasteiger partial charge in [0, 0.05) is 17.4 Å². The van der Waals surface area contributed by atoms with Gasteiger partial charge in [-0.2, -0.15) is 0 Å². The number of carbonyl (C=O) groups excluding carboxylic acids is 1. The van der Waals surface area contributed by atoms with Crippen molar-refractivity contribution < 1.29 is 4.79 Å². The van der Waals surface area contributed by atoms with Crippen molar-refractivity contribution in [3.63, 3.8) is 0 Å². The molecule has 0 saturated heterocycles. The van der Waals surface area contributed by atoms with Crippen LogP contribution in [-0.2, 0) is 6.42 Å². The molecule has 0 amide bonds. The Morgan fingerprint density at radius 1 is 1.27 bits per heavy atom. The summed E-state index contributed by atoms with van der Waals surface area (Å²) in [5, 5.41) is 1.80. The Hall–Kier alpha value is -1.12. The molecule has 0 radical (unpaired) electrons. The smallest absolute Gasteiger partial charge is 0.168 e. The lowest BCUT2D eigenvalue weighted by Crippen LogP contribution is -2.01. The Morgan fingerprint density at radius 3 is 2.60 bits per heavy atom. The molecule has 0 aliphatic rings. The van der Waals surface area contributed by atoms with E-state index in [0.29, 0.717) is 16.3 Å². The second-order valence-electron chi connectivity index (χ2n) is 3.23. The van der Waals surface area contributed by atoms with Crippen LogP contribution in [0.3, 0.4) is 0 Å². The summed E-state index contributed by atoms with van der Waals surface area (Å²) in [4.78, 5) is 11.8. The highest BCUT2D eigenvalue weighted by atomic mass is 35.5. The Kier molecular flexibility index (Phi) is 3.19. The molecule has 15 heavy (non-hydrogen) atoms. The molecule has 1 heterocycles. The van der Waals surface area contributed by atoms with Gasteiger partial charge in [0.05, 0.1) is 4.34 Å². The maximum Gasteiger partial charge on any atom is 0.168 e. The summed E-state index contributed by atoms with van der Waals surface area (Å²) in [7, 11) is 0. The number of carbonyl (C=O) groups is 1. The number of hydrogen-bond donors (Lipinski definition) is 0. The molecule has 0 atom stereocenters. The Labute approximate surface area is 97.3 Å². The molecule has 0 aliphatic carbocycles. The van der Waals surface area contributed by atoms with E-state index in [0.717, 1.165) is 5.56 Å². The zero-order valence-corrected chi connectivity index (χ0v) is 9.52. The maximum absolute atomic E-state index is 11.8. The summed E-state index contributed by atoms with van der Waals surface area (Å²) < 4.78 is 0.659. The number of rotatable bonds is 3. The summed E-state index contributed by atoms with van der Waals surface area (Å²) in [6.45, 7) is 0. The molecule has 2 rings (SSSR count). The van der Waals surface area contributed by atoms with E-state index in [1.54, 1.807) is 11.4 Å². The van der Waals surface area contributed by atoms with Gasteiger partial charge in [-0.15, -0.1) is 11.3 Å². The van der Waals surface area contributed by atoms with Gasteiger partial charge in [0.25, 0.3) is 0 Å². The molecule has 76 valence electrons. The van der Waals surface area contributed by atoms with E-state index >= 15 is 0 Å². The molecular formula is C12H9ClOS. The first-order valence-corrected chi connectivity index (χ1v) is 5.82. The molecule has 0 aliphatic heterocycles. The predicted octanol–water partition coefficient (Wildman–Crippen LogP) is 3.83. The second-order valence-corrected chi connectivity index (χ2v) is 4.77. The second kappa shape index (κ2) is 4.60. The minimum absolute atomic E-state index is 0.115. The van der Waals surface area contributed by atoms with Crippen molar-refractivity contribution in [1.82, 2.24) is 0 Å². The zero-order chi connectivity index (χ0) is 10.7. The summed E-state index contributed by atoms with van der Waals surface area (Å²) >= 11 is 7.16. The number of hydrogen-bond acceptors (Lipinski definition) is 2. The molecule has 0 saturated carbocycles.